The quantitative estimate of drug-likeness (QED) is 0.186. The molecule has 3 aromatic heterocycles. The first-order valence-electron chi connectivity index (χ1n) is 17.5. The summed E-state index contributed by atoms with van der Waals surface area (Å²) in [7, 11) is 0. The van der Waals surface area contributed by atoms with E-state index in [1.807, 2.05) is 11.3 Å². The predicted molar refractivity (Wildman–Crippen MR) is 219 cm³/mol. The van der Waals surface area contributed by atoms with E-state index in [1.54, 1.807) is 0 Å². The average Bonchev–Trinajstić information content (AvgIpc) is 3.79. The molecule has 0 N–H and O–H groups in total. The van der Waals surface area contributed by atoms with Crippen LogP contribution >= 0.6 is 11.3 Å². The van der Waals surface area contributed by atoms with Crippen LogP contribution in [0.25, 0.3) is 109 Å². The molecule has 0 saturated carbocycles. The largest absolute Gasteiger partial charge is 0.451 e. The van der Waals surface area contributed by atoms with Gasteiger partial charge in [-0.25, -0.2) is 9.97 Å². The summed E-state index contributed by atoms with van der Waals surface area (Å²) >= 11 is 1.86. The van der Waals surface area contributed by atoms with Crippen LogP contribution in [0.5, 0.6) is 0 Å². The molecule has 0 aliphatic rings. The van der Waals surface area contributed by atoms with Crippen LogP contribution in [0.15, 0.2) is 174 Å². The minimum atomic E-state index is 0.680. The Morgan fingerprint density at radius 2 is 1.02 bits per heavy atom. The number of rotatable bonds is 4. The molecule has 0 aliphatic heterocycles. The average molecular weight is 681 g/mol. The van der Waals surface area contributed by atoms with Crippen molar-refractivity contribution in [3.63, 3.8) is 0 Å². The second-order valence-corrected chi connectivity index (χ2v) is 14.4. The SMILES string of the molecule is c1cc(-c2cccc(-c3cccc4c3sc3ccccc34)c2)cc(-c2nc(-c3cccc4ccccc34)nc3c2oc2c4ccccc4ccc32)c1. The number of furan rings is 1. The first-order valence-corrected chi connectivity index (χ1v) is 18.3. The van der Waals surface area contributed by atoms with Crippen molar-refractivity contribution in [2.45, 2.75) is 0 Å². The van der Waals surface area contributed by atoms with Crippen LogP contribution in [0.3, 0.4) is 0 Å². The summed E-state index contributed by atoms with van der Waals surface area (Å²) in [6.45, 7) is 0. The number of hydrogen-bond donors (Lipinski definition) is 0. The lowest BCUT2D eigenvalue weighted by molar-refractivity contribution is 0.671. The summed E-state index contributed by atoms with van der Waals surface area (Å²) in [5.41, 5.74) is 9.81. The highest BCUT2D eigenvalue weighted by Gasteiger charge is 2.21. The van der Waals surface area contributed by atoms with Gasteiger partial charge in [-0.1, -0.05) is 146 Å². The van der Waals surface area contributed by atoms with E-state index in [-0.39, 0.29) is 0 Å². The molecule has 0 spiro atoms. The molecule has 0 bridgehead atoms. The Bertz CT molecular complexity index is 3200. The molecule has 242 valence electrons. The van der Waals surface area contributed by atoms with E-state index in [1.165, 1.54) is 31.3 Å². The summed E-state index contributed by atoms with van der Waals surface area (Å²) in [4.78, 5) is 10.6. The molecule has 3 heterocycles. The summed E-state index contributed by atoms with van der Waals surface area (Å²) < 4.78 is 9.42. The second-order valence-electron chi connectivity index (χ2n) is 13.3. The minimum absolute atomic E-state index is 0.680. The highest BCUT2D eigenvalue weighted by molar-refractivity contribution is 7.26. The van der Waals surface area contributed by atoms with E-state index in [0.29, 0.717) is 11.4 Å². The first kappa shape index (κ1) is 29.1. The van der Waals surface area contributed by atoms with Gasteiger partial charge in [0.2, 0.25) is 0 Å². The predicted octanol–water partition coefficient (Wildman–Crippen LogP) is 13.7. The van der Waals surface area contributed by atoms with E-state index >= 15 is 0 Å². The Hall–Kier alpha value is -6.62. The third-order valence-corrected chi connectivity index (χ3v) is 11.5. The molecular weight excluding hydrogens is 653 g/mol. The number of fused-ring (bicyclic) bond motifs is 9. The fourth-order valence-corrected chi connectivity index (χ4v) is 9.03. The van der Waals surface area contributed by atoms with Crippen molar-refractivity contribution in [2.24, 2.45) is 0 Å². The molecule has 0 aliphatic carbocycles. The lowest BCUT2D eigenvalue weighted by Crippen LogP contribution is -1.95. The van der Waals surface area contributed by atoms with Crippen LogP contribution in [-0.2, 0) is 0 Å². The zero-order chi connectivity index (χ0) is 34.2. The highest BCUT2D eigenvalue weighted by atomic mass is 32.1. The van der Waals surface area contributed by atoms with Gasteiger partial charge in [0, 0.05) is 42.1 Å². The van der Waals surface area contributed by atoms with Crippen molar-refractivity contribution >= 4 is 75.1 Å². The first-order chi connectivity index (χ1) is 25.8. The van der Waals surface area contributed by atoms with Gasteiger partial charge in [-0.15, -0.1) is 11.3 Å². The molecule has 0 atom stereocenters. The maximum absolute atomic E-state index is 6.79. The Balaban J connectivity index is 1.11. The Morgan fingerprint density at radius 3 is 1.88 bits per heavy atom. The van der Waals surface area contributed by atoms with E-state index in [9.17, 15) is 0 Å². The third-order valence-electron chi connectivity index (χ3n) is 10.3. The van der Waals surface area contributed by atoms with Gasteiger partial charge >= 0.3 is 0 Å². The molecule has 0 saturated heterocycles. The molecule has 11 rings (SSSR count). The fraction of sp³-hybridized carbons (Fsp3) is 0. The fourth-order valence-electron chi connectivity index (χ4n) is 7.79. The van der Waals surface area contributed by atoms with Crippen molar-refractivity contribution < 1.29 is 4.42 Å². The third kappa shape index (κ3) is 4.51. The van der Waals surface area contributed by atoms with Crippen LogP contribution in [0.2, 0.25) is 0 Å². The van der Waals surface area contributed by atoms with Crippen molar-refractivity contribution in [3.8, 4) is 44.9 Å². The molecule has 0 radical (unpaired) electrons. The summed E-state index contributed by atoms with van der Waals surface area (Å²) in [6.07, 6.45) is 0. The van der Waals surface area contributed by atoms with E-state index < -0.39 is 0 Å². The van der Waals surface area contributed by atoms with E-state index in [4.69, 9.17) is 14.4 Å². The summed E-state index contributed by atoms with van der Waals surface area (Å²) in [6, 6.07) is 60.3. The van der Waals surface area contributed by atoms with Gasteiger partial charge in [0.1, 0.15) is 16.8 Å². The monoisotopic (exact) mass is 680 g/mol. The molecule has 3 nitrogen and oxygen atoms in total. The van der Waals surface area contributed by atoms with E-state index in [0.717, 1.165) is 66.0 Å². The molecule has 0 fully saturated rings. The number of aromatic nitrogens is 2. The van der Waals surface area contributed by atoms with Crippen molar-refractivity contribution in [3.05, 3.63) is 170 Å². The molecule has 11 aromatic rings. The smallest absolute Gasteiger partial charge is 0.180 e. The summed E-state index contributed by atoms with van der Waals surface area (Å²) in [5.74, 6) is 0.680. The highest BCUT2D eigenvalue weighted by Crippen LogP contribution is 2.42. The Kier molecular flexibility index (Phi) is 6.42. The van der Waals surface area contributed by atoms with Crippen molar-refractivity contribution in [1.82, 2.24) is 9.97 Å². The minimum Gasteiger partial charge on any atom is -0.451 e. The van der Waals surface area contributed by atoms with Gasteiger partial charge in [-0.2, -0.15) is 0 Å². The number of benzene rings is 8. The topological polar surface area (TPSA) is 38.9 Å². The van der Waals surface area contributed by atoms with Gasteiger partial charge < -0.3 is 4.42 Å². The number of nitrogens with zero attached hydrogens (tertiary/aromatic N) is 2. The van der Waals surface area contributed by atoms with Crippen LogP contribution in [-0.4, -0.2) is 9.97 Å². The molecule has 0 amide bonds. The zero-order valence-electron chi connectivity index (χ0n) is 27.9. The molecular formula is C48H28N2OS. The lowest BCUT2D eigenvalue weighted by Gasteiger charge is -2.11. The Morgan fingerprint density at radius 1 is 0.404 bits per heavy atom. The molecule has 52 heavy (non-hydrogen) atoms. The standard InChI is InChI=1S/C48H28N2OS/c1-3-18-35-29(11-1)13-9-23-40(35)48-49-43(46-44(50-48)41-26-25-30-12-2-4-19-36(30)45(41)51-46)34-17-8-15-32(28-34)31-14-7-16-33(27-31)37-21-10-22-39-38-20-5-6-24-42(38)52-47(37)39/h1-28H. The number of hydrogen-bond acceptors (Lipinski definition) is 4. The maximum Gasteiger partial charge on any atom is 0.180 e. The number of thiophene rings is 1. The van der Waals surface area contributed by atoms with Crippen LogP contribution in [0.4, 0.5) is 0 Å². The summed E-state index contributed by atoms with van der Waals surface area (Å²) in [5, 5.41) is 8.07. The van der Waals surface area contributed by atoms with Crippen LogP contribution in [0.1, 0.15) is 0 Å². The van der Waals surface area contributed by atoms with Crippen LogP contribution in [0, 0.1) is 0 Å². The molecule has 0 unspecified atom stereocenters. The lowest BCUT2D eigenvalue weighted by atomic mass is 9.96. The van der Waals surface area contributed by atoms with Gasteiger partial charge in [0.25, 0.3) is 0 Å². The van der Waals surface area contributed by atoms with Gasteiger partial charge in [-0.3, -0.25) is 0 Å². The van der Waals surface area contributed by atoms with Gasteiger partial charge in [-0.05, 0) is 62.7 Å². The van der Waals surface area contributed by atoms with Gasteiger partial charge in [0.05, 0.1) is 0 Å². The van der Waals surface area contributed by atoms with Crippen molar-refractivity contribution in [1.29, 1.82) is 0 Å². The van der Waals surface area contributed by atoms with Crippen molar-refractivity contribution in [2.75, 3.05) is 0 Å². The maximum atomic E-state index is 6.79. The van der Waals surface area contributed by atoms with Crippen LogP contribution < -0.4 is 0 Å². The second kappa shape index (κ2) is 11.5. The van der Waals surface area contributed by atoms with Gasteiger partial charge in [0.15, 0.2) is 11.4 Å². The zero-order valence-corrected chi connectivity index (χ0v) is 28.7. The molecule has 4 heteroatoms. The normalized spacial score (nSPS) is 11.8. The Labute approximate surface area is 303 Å². The van der Waals surface area contributed by atoms with E-state index in [2.05, 4.69) is 170 Å². The molecule has 8 aromatic carbocycles.